The lowest BCUT2D eigenvalue weighted by Gasteiger charge is -2.22. The second-order valence-corrected chi connectivity index (χ2v) is 6.14. The molecule has 1 fully saturated rings. The summed E-state index contributed by atoms with van der Waals surface area (Å²) in [6.07, 6.45) is 7.89. The van der Waals surface area contributed by atoms with Crippen molar-refractivity contribution < 1.29 is 0 Å². The van der Waals surface area contributed by atoms with Crippen LogP contribution < -0.4 is 0 Å². The molecule has 3 nitrogen and oxygen atoms in total. The molecule has 0 unspecified atom stereocenters. The van der Waals surface area contributed by atoms with Crippen molar-refractivity contribution in [3.8, 4) is 0 Å². The average Bonchev–Trinajstić information content (AvgIpc) is 3.00. The number of aryl methyl sites for hydroxylation is 1. The van der Waals surface area contributed by atoms with E-state index >= 15 is 0 Å². The summed E-state index contributed by atoms with van der Waals surface area (Å²) >= 11 is 1.89. The molecule has 0 amide bonds. The summed E-state index contributed by atoms with van der Waals surface area (Å²) in [4.78, 5) is 14.0. The highest BCUT2D eigenvalue weighted by atomic mass is 32.1. The van der Waals surface area contributed by atoms with E-state index in [9.17, 15) is 0 Å². The van der Waals surface area contributed by atoms with Crippen LogP contribution in [0, 0.1) is 6.92 Å². The molecule has 1 aliphatic rings. The van der Waals surface area contributed by atoms with Crippen LogP contribution in [-0.2, 0) is 6.54 Å². The van der Waals surface area contributed by atoms with E-state index in [0.717, 1.165) is 18.8 Å². The van der Waals surface area contributed by atoms with Crippen molar-refractivity contribution in [2.45, 2.75) is 32.4 Å². The summed E-state index contributed by atoms with van der Waals surface area (Å²) in [7, 11) is 0. The first-order chi connectivity index (χ1) is 8.83. The molecule has 1 atom stereocenters. The number of thiophene rings is 1. The zero-order valence-electron chi connectivity index (χ0n) is 10.5. The van der Waals surface area contributed by atoms with Gasteiger partial charge in [-0.15, -0.1) is 11.3 Å². The predicted octanol–water partition coefficient (Wildman–Crippen LogP) is 3.18. The van der Waals surface area contributed by atoms with Gasteiger partial charge in [-0.1, -0.05) is 0 Å². The number of nitrogens with zero attached hydrogens (tertiary/aromatic N) is 3. The maximum absolute atomic E-state index is 4.46. The Morgan fingerprint density at radius 1 is 1.39 bits per heavy atom. The Bertz CT molecular complexity index is 509. The first-order valence-electron chi connectivity index (χ1n) is 6.38. The molecule has 1 saturated heterocycles. The maximum atomic E-state index is 4.46. The lowest BCUT2D eigenvalue weighted by molar-refractivity contribution is 0.246. The van der Waals surface area contributed by atoms with Gasteiger partial charge in [0.2, 0.25) is 0 Å². The standard InChI is InChI=1S/C14H17N3S/c1-11-4-5-12(18-11)10-17-8-2-3-14(17)13-9-15-6-7-16-13/h4-7,9,14H,2-3,8,10H2,1H3/t14-/m1/s1. The average molecular weight is 259 g/mol. The van der Waals surface area contributed by atoms with Crippen molar-refractivity contribution in [1.82, 2.24) is 14.9 Å². The van der Waals surface area contributed by atoms with Gasteiger partial charge in [0.05, 0.1) is 11.7 Å². The van der Waals surface area contributed by atoms with Crippen molar-refractivity contribution in [2.24, 2.45) is 0 Å². The van der Waals surface area contributed by atoms with Gasteiger partial charge in [0, 0.05) is 34.9 Å². The third-order valence-corrected chi connectivity index (χ3v) is 4.43. The van der Waals surface area contributed by atoms with Crippen molar-refractivity contribution in [3.63, 3.8) is 0 Å². The molecule has 0 N–H and O–H groups in total. The minimum atomic E-state index is 0.445. The molecule has 2 aromatic heterocycles. The van der Waals surface area contributed by atoms with E-state index < -0.39 is 0 Å². The molecule has 4 heteroatoms. The van der Waals surface area contributed by atoms with E-state index in [1.807, 2.05) is 17.5 Å². The Labute approximate surface area is 112 Å². The molecule has 94 valence electrons. The third-order valence-electron chi connectivity index (χ3n) is 3.44. The van der Waals surface area contributed by atoms with Crippen molar-refractivity contribution >= 4 is 11.3 Å². The van der Waals surface area contributed by atoms with E-state index in [2.05, 4.69) is 33.9 Å². The van der Waals surface area contributed by atoms with Crippen LogP contribution in [0.5, 0.6) is 0 Å². The van der Waals surface area contributed by atoms with Gasteiger partial charge in [-0.25, -0.2) is 0 Å². The highest BCUT2D eigenvalue weighted by molar-refractivity contribution is 7.11. The Morgan fingerprint density at radius 2 is 2.33 bits per heavy atom. The minimum Gasteiger partial charge on any atom is -0.290 e. The van der Waals surface area contributed by atoms with Gasteiger partial charge in [-0.3, -0.25) is 14.9 Å². The van der Waals surface area contributed by atoms with Crippen LogP contribution in [-0.4, -0.2) is 21.4 Å². The van der Waals surface area contributed by atoms with Gasteiger partial charge in [0.25, 0.3) is 0 Å². The normalized spacial score (nSPS) is 20.4. The summed E-state index contributed by atoms with van der Waals surface area (Å²) in [6.45, 7) is 4.37. The fourth-order valence-corrected chi connectivity index (χ4v) is 3.52. The second kappa shape index (κ2) is 5.16. The van der Waals surface area contributed by atoms with Crippen LogP contribution in [0.25, 0.3) is 0 Å². The molecule has 0 aromatic carbocycles. The molecule has 0 radical (unpaired) electrons. The number of aromatic nitrogens is 2. The lowest BCUT2D eigenvalue weighted by Crippen LogP contribution is -2.23. The first kappa shape index (κ1) is 11.8. The Balaban J connectivity index is 1.75. The Kier molecular flexibility index (Phi) is 3.39. The second-order valence-electron chi connectivity index (χ2n) is 4.77. The summed E-state index contributed by atoms with van der Waals surface area (Å²) in [5, 5.41) is 0. The maximum Gasteiger partial charge on any atom is 0.0758 e. The molecule has 0 bridgehead atoms. The predicted molar refractivity (Wildman–Crippen MR) is 73.5 cm³/mol. The summed E-state index contributed by atoms with van der Waals surface area (Å²) in [6, 6.07) is 4.89. The summed E-state index contributed by atoms with van der Waals surface area (Å²) in [5.74, 6) is 0. The van der Waals surface area contributed by atoms with E-state index in [0.29, 0.717) is 6.04 Å². The number of hydrogen-bond acceptors (Lipinski definition) is 4. The van der Waals surface area contributed by atoms with E-state index in [1.54, 1.807) is 12.4 Å². The van der Waals surface area contributed by atoms with Crippen LogP contribution in [0.1, 0.15) is 34.3 Å². The lowest BCUT2D eigenvalue weighted by atomic mass is 10.1. The topological polar surface area (TPSA) is 29.0 Å². The largest absolute Gasteiger partial charge is 0.290 e. The zero-order valence-corrected chi connectivity index (χ0v) is 11.4. The van der Waals surface area contributed by atoms with Crippen LogP contribution in [0.2, 0.25) is 0 Å². The quantitative estimate of drug-likeness (QED) is 0.847. The van der Waals surface area contributed by atoms with Gasteiger partial charge in [-0.05, 0) is 38.4 Å². The van der Waals surface area contributed by atoms with Crippen molar-refractivity contribution in [1.29, 1.82) is 0 Å². The molecule has 3 heterocycles. The number of likely N-dealkylation sites (tertiary alicyclic amines) is 1. The van der Waals surface area contributed by atoms with Gasteiger partial charge in [0.15, 0.2) is 0 Å². The molecule has 1 aliphatic heterocycles. The van der Waals surface area contributed by atoms with Crippen LogP contribution in [0.15, 0.2) is 30.7 Å². The third kappa shape index (κ3) is 2.44. The molecule has 2 aromatic rings. The highest BCUT2D eigenvalue weighted by Crippen LogP contribution is 2.32. The van der Waals surface area contributed by atoms with Crippen molar-refractivity contribution in [3.05, 3.63) is 46.2 Å². The zero-order chi connectivity index (χ0) is 12.4. The van der Waals surface area contributed by atoms with Crippen LogP contribution >= 0.6 is 11.3 Å². The number of rotatable bonds is 3. The Hall–Kier alpha value is -1.26. The van der Waals surface area contributed by atoms with Crippen LogP contribution in [0.4, 0.5) is 0 Å². The van der Waals surface area contributed by atoms with Crippen molar-refractivity contribution in [2.75, 3.05) is 6.54 Å². The smallest absolute Gasteiger partial charge is 0.0758 e. The fourth-order valence-electron chi connectivity index (χ4n) is 2.60. The Morgan fingerprint density at radius 3 is 3.06 bits per heavy atom. The highest BCUT2D eigenvalue weighted by Gasteiger charge is 2.27. The van der Waals surface area contributed by atoms with Gasteiger partial charge in [0.1, 0.15) is 0 Å². The molecule has 0 aliphatic carbocycles. The summed E-state index contributed by atoms with van der Waals surface area (Å²) < 4.78 is 0. The molecular formula is C14H17N3S. The van der Waals surface area contributed by atoms with E-state index in [1.165, 1.54) is 22.6 Å². The first-order valence-corrected chi connectivity index (χ1v) is 7.20. The monoisotopic (exact) mass is 259 g/mol. The minimum absolute atomic E-state index is 0.445. The molecule has 3 rings (SSSR count). The van der Waals surface area contributed by atoms with Gasteiger partial charge < -0.3 is 0 Å². The number of hydrogen-bond donors (Lipinski definition) is 0. The van der Waals surface area contributed by atoms with E-state index in [-0.39, 0.29) is 0 Å². The molecule has 0 spiro atoms. The SMILES string of the molecule is Cc1ccc(CN2CCC[C@@H]2c2cnccn2)s1. The molecule has 18 heavy (non-hydrogen) atoms. The van der Waals surface area contributed by atoms with Gasteiger partial charge >= 0.3 is 0 Å². The van der Waals surface area contributed by atoms with E-state index in [4.69, 9.17) is 0 Å². The molecular weight excluding hydrogens is 242 g/mol. The molecule has 0 saturated carbocycles. The van der Waals surface area contributed by atoms with Gasteiger partial charge in [-0.2, -0.15) is 0 Å². The summed E-state index contributed by atoms with van der Waals surface area (Å²) in [5.41, 5.74) is 1.11. The van der Waals surface area contributed by atoms with Crippen LogP contribution in [0.3, 0.4) is 0 Å². The fraction of sp³-hybridized carbons (Fsp3) is 0.429.